The summed E-state index contributed by atoms with van der Waals surface area (Å²) < 4.78 is 63.4. The molecular weight excluding hydrogens is 538 g/mol. The molecule has 1 aromatic heterocycles. The molecule has 8 nitrogen and oxygen atoms in total. The summed E-state index contributed by atoms with van der Waals surface area (Å²) in [7, 11) is 0. The zero-order valence-electron chi connectivity index (χ0n) is 19.1. The second-order valence-corrected chi connectivity index (χ2v) is 10.3. The first-order valence-corrected chi connectivity index (χ1v) is 11.6. The Bertz CT molecular complexity index is 1200. The monoisotopic (exact) mass is 559 g/mol. The van der Waals surface area contributed by atoms with Crippen molar-refractivity contribution in [1.29, 1.82) is 5.26 Å². The molecule has 2 bridgehead atoms. The number of alkyl halides is 3. The van der Waals surface area contributed by atoms with E-state index in [0.29, 0.717) is 25.9 Å². The fraction of sp³-hybridized carbons (Fsp3) is 0.545. The van der Waals surface area contributed by atoms with Crippen LogP contribution in [-0.4, -0.2) is 64.5 Å². The largest absolute Gasteiger partial charge is 0.454 e. The number of halogens is 5. The number of rotatable bonds is 3. The van der Waals surface area contributed by atoms with Gasteiger partial charge in [0.25, 0.3) is 0 Å². The average molecular weight is 560 g/mol. The topological polar surface area (TPSA) is 91.6 Å². The smallest absolute Gasteiger partial charge is 0.422 e. The molecule has 2 aliphatic rings. The minimum atomic E-state index is -4.64. The van der Waals surface area contributed by atoms with Gasteiger partial charge in [0.2, 0.25) is 0 Å². The molecule has 0 saturated carbocycles. The van der Waals surface area contributed by atoms with Crippen LogP contribution < -0.4 is 9.64 Å². The van der Waals surface area contributed by atoms with Crippen LogP contribution in [0.4, 0.5) is 28.2 Å². The number of hydrogen-bond acceptors (Lipinski definition) is 7. The van der Waals surface area contributed by atoms with Crippen molar-refractivity contribution in [2.24, 2.45) is 0 Å². The number of piperazine rings is 1. The van der Waals surface area contributed by atoms with E-state index in [0.717, 1.165) is 0 Å². The average Bonchev–Trinajstić information content (AvgIpc) is 3.02. The molecule has 13 heteroatoms. The van der Waals surface area contributed by atoms with E-state index in [9.17, 15) is 23.2 Å². The van der Waals surface area contributed by atoms with Gasteiger partial charge in [-0.3, -0.25) is 4.90 Å². The molecule has 3 heterocycles. The summed E-state index contributed by atoms with van der Waals surface area (Å²) in [6, 6.07) is 2.16. The Morgan fingerprint density at radius 3 is 2.40 bits per heavy atom. The molecule has 2 saturated heterocycles. The molecule has 2 fully saturated rings. The van der Waals surface area contributed by atoms with Crippen LogP contribution in [0.3, 0.4) is 0 Å². The summed E-state index contributed by atoms with van der Waals surface area (Å²) in [5, 5.41) is 9.56. The van der Waals surface area contributed by atoms with Crippen LogP contribution in [0.2, 0.25) is 0 Å². The Morgan fingerprint density at radius 2 is 1.86 bits per heavy atom. The van der Waals surface area contributed by atoms with Crippen molar-refractivity contribution in [3.05, 3.63) is 21.9 Å². The lowest BCUT2D eigenvalue weighted by Gasteiger charge is -2.42. The number of anilines is 1. The number of nitrogens with zero attached hydrogens (tertiary/aromatic N) is 5. The zero-order valence-corrected chi connectivity index (χ0v) is 20.7. The van der Waals surface area contributed by atoms with Gasteiger partial charge >= 0.3 is 18.3 Å². The van der Waals surface area contributed by atoms with E-state index in [1.807, 2.05) is 6.07 Å². The number of hydrogen-bond donors (Lipinski definition) is 0. The normalized spacial score (nSPS) is 20.2. The maximum atomic E-state index is 15.1. The van der Waals surface area contributed by atoms with E-state index in [2.05, 4.69) is 25.9 Å². The molecule has 0 N–H and O–H groups in total. The third kappa shape index (κ3) is 5.22. The highest BCUT2D eigenvalue weighted by Gasteiger charge is 2.45. The molecule has 188 valence electrons. The first kappa shape index (κ1) is 25.2. The summed E-state index contributed by atoms with van der Waals surface area (Å²) >= 11 is 3.00. The van der Waals surface area contributed by atoms with Crippen LogP contribution in [-0.2, 0) is 4.74 Å². The predicted octanol–water partition coefficient (Wildman–Crippen LogP) is 4.93. The lowest BCUT2D eigenvalue weighted by atomic mass is 10.1. The van der Waals surface area contributed by atoms with Gasteiger partial charge in [0.05, 0.1) is 22.1 Å². The van der Waals surface area contributed by atoms with E-state index in [1.54, 1.807) is 30.6 Å². The molecule has 2 aromatic rings. The Hall–Kier alpha value is -2.88. The standard InChI is InChI=1S/C22H22BrF4N5O3/c1-21(2,3)35-20(33)32-12-4-5-13(32)9-31(8-12)18-14-6-11(7-28)15(23)16(24)17(14)29-19(30-18)34-10-22(25,26)27/h6,12-13H,4-5,8-10H2,1-3H3/t12-,13+. The Labute approximate surface area is 206 Å². The third-order valence-electron chi connectivity index (χ3n) is 5.70. The number of benzene rings is 1. The number of nitriles is 1. The van der Waals surface area contributed by atoms with Crippen LogP contribution >= 0.6 is 15.9 Å². The van der Waals surface area contributed by atoms with Crippen molar-refractivity contribution < 1.29 is 31.8 Å². The van der Waals surface area contributed by atoms with Gasteiger partial charge in [0.15, 0.2) is 12.4 Å². The van der Waals surface area contributed by atoms with Gasteiger partial charge in [-0.25, -0.2) is 9.18 Å². The van der Waals surface area contributed by atoms with E-state index in [-0.39, 0.29) is 38.8 Å². The van der Waals surface area contributed by atoms with E-state index in [4.69, 9.17) is 9.47 Å². The molecule has 4 rings (SSSR count). The number of carbonyl (C=O) groups is 1. The minimum absolute atomic E-state index is 0.0147. The van der Waals surface area contributed by atoms with E-state index >= 15 is 4.39 Å². The van der Waals surface area contributed by atoms with Gasteiger partial charge in [-0.2, -0.15) is 28.4 Å². The van der Waals surface area contributed by atoms with Crippen LogP contribution in [0, 0.1) is 17.1 Å². The van der Waals surface area contributed by atoms with Crippen molar-refractivity contribution in [2.45, 2.75) is 57.5 Å². The highest BCUT2D eigenvalue weighted by atomic mass is 79.9. The van der Waals surface area contributed by atoms with Crippen LogP contribution in [0.1, 0.15) is 39.2 Å². The highest BCUT2D eigenvalue weighted by Crippen LogP contribution is 2.38. The Morgan fingerprint density at radius 1 is 1.23 bits per heavy atom. The zero-order chi connectivity index (χ0) is 25.7. The van der Waals surface area contributed by atoms with Gasteiger partial charge in [0.1, 0.15) is 23.0 Å². The van der Waals surface area contributed by atoms with Crippen molar-refractivity contribution in [3.63, 3.8) is 0 Å². The second-order valence-electron chi connectivity index (χ2n) is 9.47. The molecule has 0 radical (unpaired) electrons. The number of carbonyl (C=O) groups excluding carboxylic acids is 1. The summed E-state index contributed by atoms with van der Waals surface area (Å²) in [6.45, 7) is 4.27. The number of fused-ring (bicyclic) bond motifs is 3. The first-order valence-electron chi connectivity index (χ1n) is 10.8. The van der Waals surface area contributed by atoms with Crippen LogP contribution in [0.25, 0.3) is 10.9 Å². The minimum Gasteiger partial charge on any atom is -0.454 e. The van der Waals surface area contributed by atoms with Crippen LogP contribution in [0.5, 0.6) is 6.01 Å². The quantitative estimate of drug-likeness (QED) is 0.492. The predicted molar refractivity (Wildman–Crippen MR) is 121 cm³/mol. The number of ether oxygens (including phenoxy) is 2. The molecule has 1 aromatic carbocycles. The van der Waals surface area contributed by atoms with Crippen LogP contribution in [0.15, 0.2) is 10.5 Å². The van der Waals surface area contributed by atoms with Gasteiger partial charge in [-0.05, 0) is 55.6 Å². The maximum absolute atomic E-state index is 15.1. The number of amides is 1. The first-order chi connectivity index (χ1) is 16.3. The summed E-state index contributed by atoms with van der Waals surface area (Å²) in [4.78, 5) is 24.2. The van der Waals surface area contributed by atoms with Gasteiger partial charge in [0, 0.05) is 18.5 Å². The summed E-state index contributed by atoms with van der Waals surface area (Å²) in [6.07, 6.45) is -3.68. The van der Waals surface area contributed by atoms with Gasteiger partial charge < -0.3 is 14.4 Å². The van der Waals surface area contributed by atoms with E-state index in [1.165, 1.54) is 6.07 Å². The van der Waals surface area contributed by atoms with E-state index < -0.39 is 36.3 Å². The summed E-state index contributed by atoms with van der Waals surface area (Å²) in [5.41, 5.74) is -0.959. The number of aromatic nitrogens is 2. The Kier molecular flexibility index (Phi) is 6.46. The molecule has 1 amide bonds. The molecule has 0 spiro atoms. The lowest BCUT2D eigenvalue weighted by molar-refractivity contribution is -0.154. The molecule has 2 aliphatic heterocycles. The lowest BCUT2D eigenvalue weighted by Crippen LogP contribution is -2.57. The summed E-state index contributed by atoms with van der Waals surface area (Å²) in [5.74, 6) is -0.772. The maximum Gasteiger partial charge on any atom is 0.422 e. The molecule has 0 aliphatic carbocycles. The highest BCUT2D eigenvalue weighted by molar-refractivity contribution is 9.10. The SMILES string of the molecule is CC(C)(C)OC(=O)N1[C@@H]2CC[C@H]1CN(c1nc(OCC(F)(F)F)nc3c(F)c(Br)c(C#N)cc13)C2. The fourth-order valence-corrected chi connectivity index (χ4v) is 4.78. The Balaban J connectivity index is 1.73. The second kappa shape index (κ2) is 8.96. The third-order valence-corrected chi connectivity index (χ3v) is 6.48. The van der Waals surface area contributed by atoms with Crippen molar-refractivity contribution in [3.8, 4) is 12.1 Å². The molecule has 0 unspecified atom stereocenters. The molecular formula is C22H22BrF4N5O3. The van der Waals surface area contributed by atoms with Crippen molar-refractivity contribution >= 4 is 38.7 Å². The van der Waals surface area contributed by atoms with Crippen molar-refractivity contribution in [1.82, 2.24) is 14.9 Å². The fourth-order valence-electron chi connectivity index (χ4n) is 4.39. The molecule has 35 heavy (non-hydrogen) atoms. The molecule has 2 atom stereocenters. The van der Waals surface area contributed by atoms with Gasteiger partial charge in [-0.15, -0.1) is 0 Å². The van der Waals surface area contributed by atoms with Gasteiger partial charge in [-0.1, -0.05) is 0 Å². The van der Waals surface area contributed by atoms with Crippen molar-refractivity contribution in [2.75, 3.05) is 24.6 Å².